The van der Waals surface area contributed by atoms with Crippen LogP contribution in [0.4, 0.5) is 11.4 Å². The van der Waals surface area contributed by atoms with Crippen molar-refractivity contribution in [3.8, 4) is 0 Å². The van der Waals surface area contributed by atoms with Gasteiger partial charge in [0.15, 0.2) is 0 Å². The monoisotopic (exact) mass is 292 g/mol. The van der Waals surface area contributed by atoms with Crippen LogP contribution in [0.1, 0.15) is 47.1 Å². The molecule has 0 bridgehead atoms. The fourth-order valence-corrected chi connectivity index (χ4v) is 1.58. The lowest BCUT2D eigenvalue weighted by molar-refractivity contribution is -0.458. The maximum Gasteiger partial charge on any atom is 0.254 e. The van der Waals surface area contributed by atoms with E-state index in [1.54, 1.807) is 19.1 Å². The smallest absolute Gasteiger partial charge is 0.254 e. The van der Waals surface area contributed by atoms with Crippen molar-refractivity contribution in [3.63, 3.8) is 0 Å². The van der Waals surface area contributed by atoms with Crippen LogP contribution in [0.2, 0.25) is 0 Å². The van der Waals surface area contributed by atoms with Gasteiger partial charge in [0.05, 0.1) is 6.07 Å². The van der Waals surface area contributed by atoms with Gasteiger partial charge < -0.3 is 10.4 Å². The Morgan fingerprint density at radius 2 is 1.33 bits per heavy atom. The second-order valence-corrected chi connectivity index (χ2v) is 7.06. The predicted octanol–water partition coefficient (Wildman–Crippen LogP) is 4.78. The molecule has 1 aromatic carbocycles. The molecule has 0 fully saturated rings. The van der Waals surface area contributed by atoms with E-state index in [0.717, 1.165) is 5.56 Å². The van der Waals surface area contributed by atoms with Gasteiger partial charge in [-0.25, -0.2) is 0 Å². The molecule has 116 valence electrons. The fraction of sp³-hybridized carbons (Fsp3) is 0.600. The SMILES string of the molecule is Cc1ccc([N+]([O-])=NC(C)(C)C)cc1[N+]([O-])=NC(C)(C)C. The molecule has 0 aromatic heterocycles. The summed E-state index contributed by atoms with van der Waals surface area (Å²) in [6, 6.07) is 4.88. The van der Waals surface area contributed by atoms with Crippen molar-refractivity contribution in [1.29, 1.82) is 0 Å². The molecule has 0 amide bonds. The Labute approximate surface area is 126 Å². The standard InChI is InChI=1S/C15H24N4O2/c1-11-8-9-12(18(20)16-14(2,3)4)10-13(11)19(21)17-15(5,6)7/h8-10H,1-7H3. The van der Waals surface area contributed by atoms with E-state index in [4.69, 9.17) is 0 Å². The van der Waals surface area contributed by atoms with Crippen LogP contribution in [-0.4, -0.2) is 20.8 Å². The molecular weight excluding hydrogens is 268 g/mol. The van der Waals surface area contributed by atoms with Gasteiger partial charge in [-0.05, 0) is 64.8 Å². The lowest BCUT2D eigenvalue weighted by Gasteiger charge is -2.12. The third kappa shape index (κ3) is 5.49. The van der Waals surface area contributed by atoms with Gasteiger partial charge in [-0.3, -0.25) is 0 Å². The van der Waals surface area contributed by atoms with E-state index in [1.165, 1.54) is 6.07 Å². The quantitative estimate of drug-likeness (QED) is 0.446. The maximum atomic E-state index is 12.1. The van der Waals surface area contributed by atoms with Crippen molar-refractivity contribution in [2.45, 2.75) is 59.5 Å². The van der Waals surface area contributed by atoms with Gasteiger partial charge in [-0.15, -0.1) is 0 Å². The number of rotatable bonds is 2. The molecule has 0 radical (unpaired) electrons. The molecule has 6 nitrogen and oxygen atoms in total. The highest BCUT2D eigenvalue weighted by Gasteiger charge is 2.20. The van der Waals surface area contributed by atoms with Gasteiger partial charge >= 0.3 is 0 Å². The normalized spacial score (nSPS) is 14.4. The van der Waals surface area contributed by atoms with Crippen molar-refractivity contribution >= 4 is 11.4 Å². The maximum absolute atomic E-state index is 12.1. The molecule has 0 saturated carbocycles. The molecule has 1 aromatic rings. The summed E-state index contributed by atoms with van der Waals surface area (Å²) in [7, 11) is 0. The summed E-state index contributed by atoms with van der Waals surface area (Å²) in [5, 5.41) is 32.2. The molecule has 0 heterocycles. The van der Waals surface area contributed by atoms with Crippen LogP contribution < -0.4 is 0 Å². The highest BCUT2D eigenvalue weighted by Crippen LogP contribution is 2.26. The topological polar surface area (TPSA) is 76.9 Å². The molecule has 0 aliphatic carbocycles. The molecule has 0 spiro atoms. The minimum atomic E-state index is -0.489. The minimum Gasteiger partial charge on any atom is -0.594 e. The van der Waals surface area contributed by atoms with Crippen LogP contribution >= 0.6 is 0 Å². The number of nitrogens with zero attached hydrogens (tertiary/aromatic N) is 4. The second kappa shape index (κ2) is 5.79. The van der Waals surface area contributed by atoms with Crippen molar-refractivity contribution in [3.05, 3.63) is 34.2 Å². The first-order valence-corrected chi connectivity index (χ1v) is 6.90. The molecule has 1 rings (SSSR count). The third-order valence-electron chi connectivity index (χ3n) is 2.40. The largest absolute Gasteiger partial charge is 0.594 e. The first kappa shape index (κ1) is 17.1. The Balaban J connectivity index is 3.30. The third-order valence-corrected chi connectivity index (χ3v) is 2.40. The summed E-state index contributed by atoms with van der Waals surface area (Å²) in [6.45, 7) is 12.8. The molecular formula is C15H24N4O2. The first-order chi connectivity index (χ1) is 9.39. The summed E-state index contributed by atoms with van der Waals surface area (Å²) in [4.78, 5) is 1.12. The van der Waals surface area contributed by atoms with E-state index >= 15 is 0 Å². The molecule has 0 unspecified atom stereocenters. The first-order valence-electron chi connectivity index (χ1n) is 6.90. The minimum absolute atomic E-state index is 0.315. The Morgan fingerprint density at radius 3 is 1.81 bits per heavy atom. The summed E-state index contributed by atoms with van der Waals surface area (Å²) in [5.41, 5.74) is 0.449. The molecule has 0 aliphatic rings. The number of benzene rings is 1. The molecule has 0 aliphatic heterocycles. The van der Waals surface area contributed by atoms with E-state index in [9.17, 15) is 10.4 Å². The average Bonchev–Trinajstić information content (AvgIpc) is 2.24. The summed E-state index contributed by atoms with van der Waals surface area (Å²) in [5.74, 6) is 0. The zero-order valence-electron chi connectivity index (χ0n) is 13.8. The van der Waals surface area contributed by atoms with E-state index in [2.05, 4.69) is 10.2 Å². The van der Waals surface area contributed by atoms with Crippen LogP contribution in [-0.2, 0) is 0 Å². The Morgan fingerprint density at radius 1 is 0.857 bits per heavy atom. The van der Waals surface area contributed by atoms with E-state index in [1.807, 2.05) is 41.5 Å². The number of azo groups is 2. The summed E-state index contributed by atoms with van der Waals surface area (Å²) >= 11 is 0. The van der Waals surface area contributed by atoms with E-state index < -0.39 is 11.1 Å². The molecule has 0 saturated heterocycles. The number of aryl methyl sites for hydroxylation is 1. The van der Waals surface area contributed by atoms with Gasteiger partial charge in [0, 0.05) is 11.6 Å². The zero-order chi connectivity index (χ0) is 16.4. The molecule has 6 heteroatoms. The van der Waals surface area contributed by atoms with Gasteiger partial charge in [-0.2, -0.15) is 0 Å². The molecule has 21 heavy (non-hydrogen) atoms. The fourth-order valence-electron chi connectivity index (χ4n) is 1.58. The highest BCUT2D eigenvalue weighted by atomic mass is 16.5. The second-order valence-electron chi connectivity index (χ2n) is 7.06. The van der Waals surface area contributed by atoms with Crippen molar-refractivity contribution in [2.75, 3.05) is 0 Å². The van der Waals surface area contributed by atoms with E-state index in [0.29, 0.717) is 21.1 Å². The van der Waals surface area contributed by atoms with Crippen molar-refractivity contribution in [2.24, 2.45) is 10.2 Å². The van der Waals surface area contributed by atoms with Gasteiger partial charge in [0.25, 0.3) is 11.4 Å². The van der Waals surface area contributed by atoms with Crippen LogP contribution in [0.15, 0.2) is 28.4 Å². The van der Waals surface area contributed by atoms with E-state index in [-0.39, 0.29) is 0 Å². The Kier molecular flexibility index (Phi) is 4.71. The van der Waals surface area contributed by atoms with Gasteiger partial charge in [0.1, 0.15) is 11.1 Å². The van der Waals surface area contributed by atoms with Crippen LogP contribution in [0, 0.1) is 17.3 Å². The predicted molar refractivity (Wildman–Crippen MR) is 82.1 cm³/mol. The van der Waals surface area contributed by atoms with Gasteiger partial charge in [-0.1, -0.05) is 9.72 Å². The summed E-state index contributed by atoms with van der Waals surface area (Å²) in [6.07, 6.45) is 0. The van der Waals surface area contributed by atoms with Crippen LogP contribution in [0.5, 0.6) is 0 Å². The van der Waals surface area contributed by atoms with Crippen molar-refractivity contribution < 1.29 is 9.72 Å². The van der Waals surface area contributed by atoms with Crippen LogP contribution in [0.3, 0.4) is 0 Å². The van der Waals surface area contributed by atoms with Crippen LogP contribution in [0.25, 0.3) is 0 Å². The molecule has 0 N–H and O–H groups in total. The van der Waals surface area contributed by atoms with Gasteiger partial charge in [0.2, 0.25) is 0 Å². The zero-order valence-corrected chi connectivity index (χ0v) is 13.8. The molecule has 0 atom stereocenters. The lowest BCUT2D eigenvalue weighted by Crippen LogP contribution is -2.14. The van der Waals surface area contributed by atoms with Crippen molar-refractivity contribution in [1.82, 2.24) is 0 Å². The summed E-state index contributed by atoms with van der Waals surface area (Å²) < 4.78 is 0. The average molecular weight is 292 g/mol. The number of hydrogen-bond acceptors (Lipinski definition) is 4. The Hall–Kier alpha value is -1.98. The lowest BCUT2D eigenvalue weighted by atomic mass is 10.1. The highest BCUT2D eigenvalue weighted by molar-refractivity contribution is 5.48. The Bertz CT molecular complexity index is 578. The number of hydrogen-bond donors (Lipinski definition) is 0.